The third kappa shape index (κ3) is 4.73. The van der Waals surface area contributed by atoms with Gasteiger partial charge < -0.3 is 44.4 Å². The second kappa shape index (κ2) is 11.4. The number of aromatic amines is 1. The zero-order valence-corrected chi connectivity index (χ0v) is 23.4. The van der Waals surface area contributed by atoms with Gasteiger partial charge in [0.25, 0.3) is 0 Å². The van der Waals surface area contributed by atoms with Gasteiger partial charge in [-0.1, -0.05) is 25.5 Å². The summed E-state index contributed by atoms with van der Waals surface area (Å²) in [5, 5.41) is 45.4. The Kier molecular flexibility index (Phi) is 8.19. The number of ether oxygens (including phenoxy) is 4. The van der Waals surface area contributed by atoms with E-state index < -0.39 is 66.2 Å². The van der Waals surface area contributed by atoms with Crippen LogP contribution in [0.3, 0.4) is 0 Å². The second-order valence-corrected chi connectivity index (χ2v) is 11.3. The van der Waals surface area contributed by atoms with Crippen molar-refractivity contribution in [1.82, 2.24) is 4.98 Å². The number of rotatable bonds is 10. The van der Waals surface area contributed by atoms with E-state index in [1.165, 1.54) is 19.4 Å². The lowest BCUT2D eigenvalue weighted by Gasteiger charge is -2.59. The molecule has 5 N–H and O–H groups in total. The van der Waals surface area contributed by atoms with E-state index in [2.05, 4.69) is 18.5 Å². The number of methoxy groups -OCH3 is 1. The average Bonchev–Trinajstić information content (AvgIpc) is 3.37. The van der Waals surface area contributed by atoms with Crippen molar-refractivity contribution in [3.8, 4) is 0 Å². The molecule has 41 heavy (non-hydrogen) atoms. The summed E-state index contributed by atoms with van der Waals surface area (Å²) in [6.45, 7) is 5.45. The van der Waals surface area contributed by atoms with Gasteiger partial charge in [0.2, 0.25) is 0 Å². The first kappa shape index (κ1) is 29.5. The summed E-state index contributed by atoms with van der Waals surface area (Å²) in [7, 11) is 1.23. The van der Waals surface area contributed by atoms with Crippen molar-refractivity contribution in [3.63, 3.8) is 0 Å². The summed E-state index contributed by atoms with van der Waals surface area (Å²) in [4.78, 5) is 27.5. The summed E-state index contributed by atoms with van der Waals surface area (Å²) in [5.41, 5.74) is -1.41. The Labute approximate surface area is 237 Å². The highest BCUT2D eigenvalue weighted by Gasteiger charge is 2.69. The first-order valence-corrected chi connectivity index (χ1v) is 14.2. The Morgan fingerprint density at radius 2 is 2.12 bits per heavy atom. The number of aromatic nitrogens is 1. The molecule has 0 radical (unpaired) electrons. The van der Waals surface area contributed by atoms with Crippen LogP contribution in [0.25, 0.3) is 11.8 Å². The van der Waals surface area contributed by atoms with Crippen LogP contribution in [0.4, 0.5) is 0 Å². The van der Waals surface area contributed by atoms with Crippen LogP contribution in [-0.4, -0.2) is 86.9 Å². The zero-order chi connectivity index (χ0) is 29.5. The smallest absolute Gasteiger partial charge is 0.333 e. The maximum Gasteiger partial charge on any atom is 0.333 e. The van der Waals surface area contributed by atoms with Gasteiger partial charge in [-0.3, -0.25) is 4.79 Å². The van der Waals surface area contributed by atoms with Gasteiger partial charge in [0, 0.05) is 28.3 Å². The van der Waals surface area contributed by atoms with Crippen LogP contribution in [0.5, 0.6) is 0 Å². The van der Waals surface area contributed by atoms with Crippen molar-refractivity contribution < 1.29 is 49.0 Å². The van der Waals surface area contributed by atoms with Crippen LogP contribution < -0.4 is 10.6 Å². The Hall–Kier alpha value is -2.96. The quantitative estimate of drug-likeness (QED) is 0.195. The van der Waals surface area contributed by atoms with E-state index in [1.807, 2.05) is 6.07 Å². The third-order valence-corrected chi connectivity index (χ3v) is 9.12. The van der Waals surface area contributed by atoms with Gasteiger partial charge in [0.15, 0.2) is 11.9 Å². The normalized spacial score (nSPS) is 35.7. The standard InChI is InChI=1S/C30H39NO10/c1-4-6-7-16-12-20-21-10-11-29(37)27(36)30(21,39-15-22(20)31-16)24(14-32)41-28(29)40-23-9-8-18(26(35)38-3)19(13-25(33)34)17(23)5-2/h5,8,12,15,17,19,23-24,27-28,31-32,36-37H,2,4,6-7,9-11,13-14H2,1,3H3,(H,33,34)/t17-,19+,23-,24-,27-,28-,29-,30-/m1/s1. The Balaban J connectivity index is 1.48. The van der Waals surface area contributed by atoms with Crippen LogP contribution >= 0.6 is 0 Å². The van der Waals surface area contributed by atoms with Gasteiger partial charge in [-0.05, 0) is 43.7 Å². The number of aliphatic carboxylic acids is 1. The number of carboxylic acids is 1. The first-order chi connectivity index (χ1) is 19.6. The van der Waals surface area contributed by atoms with Crippen molar-refractivity contribution in [1.29, 1.82) is 0 Å². The third-order valence-electron chi connectivity index (χ3n) is 9.12. The molecule has 3 heterocycles. The molecule has 0 aromatic carbocycles. The highest BCUT2D eigenvalue weighted by Crippen LogP contribution is 2.52. The Bertz CT molecular complexity index is 1350. The number of hydrogen-bond acceptors (Lipinski definition) is 9. The summed E-state index contributed by atoms with van der Waals surface area (Å²) < 4.78 is 23.6. The fourth-order valence-corrected chi connectivity index (χ4v) is 7.02. The van der Waals surface area contributed by atoms with Gasteiger partial charge in [-0.2, -0.15) is 0 Å². The van der Waals surface area contributed by atoms with Crippen molar-refractivity contribution in [2.24, 2.45) is 11.8 Å². The fourth-order valence-electron chi connectivity index (χ4n) is 7.02. The number of aliphatic hydroxyl groups excluding tert-OH is 2. The maximum absolute atomic E-state index is 12.4. The summed E-state index contributed by atoms with van der Waals surface area (Å²) >= 11 is 0. The molecule has 2 bridgehead atoms. The number of unbranched alkanes of at least 4 members (excludes halogenated alkanes) is 1. The number of nitrogens with one attached hydrogen (secondary N) is 1. The van der Waals surface area contributed by atoms with Crippen LogP contribution in [-0.2, 0) is 35.0 Å². The molecule has 224 valence electrons. The Morgan fingerprint density at radius 1 is 1.34 bits per heavy atom. The predicted octanol–water partition coefficient (Wildman–Crippen LogP) is 0.399. The monoisotopic (exact) mass is 573 g/mol. The van der Waals surface area contributed by atoms with Crippen molar-refractivity contribution in [2.45, 2.75) is 87.7 Å². The largest absolute Gasteiger partial charge is 0.483 e. The van der Waals surface area contributed by atoms with Gasteiger partial charge in [0.1, 0.15) is 24.1 Å². The second-order valence-electron chi connectivity index (χ2n) is 11.3. The lowest BCUT2D eigenvalue weighted by molar-refractivity contribution is -0.371. The molecule has 1 spiro atoms. The number of hydrogen-bond donors (Lipinski definition) is 5. The molecule has 2 fully saturated rings. The first-order valence-electron chi connectivity index (χ1n) is 14.2. The lowest BCUT2D eigenvalue weighted by Crippen LogP contribution is -2.77. The molecular weight excluding hydrogens is 534 g/mol. The zero-order valence-electron chi connectivity index (χ0n) is 23.4. The van der Waals surface area contributed by atoms with Crippen molar-refractivity contribution in [2.75, 3.05) is 13.7 Å². The van der Waals surface area contributed by atoms with Gasteiger partial charge in [0.05, 0.1) is 31.6 Å². The number of aliphatic hydroxyl groups is 3. The Morgan fingerprint density at radius 3 is 2.78 bits per heavy atom. The van der Waals surface area contributed by atoms with Gasteiger partial charge in [-0.25, -0.2) is 4.79 Å². The van der Waals surface area contributed by atoms with Crippen LogP contribution in [0.1, 0.15) is 51.1 Å². The number of carbonyl (C=O) groups is 2. The summed E-state index contributed by atoms with van der Waals surface area (Å²) in [6, 6.07) is 2.04. The molecule has 1 aromatic rings. The number of carboxylic acid groups (broad SMARTS) is 1. The molecule has 11 heteroatoms. The molecule has 4 aliphatic rings. The maximum atomic E-state index is 12.4. The van der Waals surface area contributed by atoms with Crippen LogP contribution in [0.2, 0.25) is 0 Å². The van der Waals surface area contributed by atoms with Crippen molar-refractivity contribution in [3.05, 3.63) is 46.6 Å². The molecule has 1 aromatic heterocycles. The SMILES string of the molecule is C=C[C@@H]1[C@H](CC(=O)O)C(C(=O)OC)=CC[C@H]1O[C@@H]1O[C@H](CO)[C@]23OC=c4[nH]c(CCCC)cc4=C2CC[C@@]1(O)[C@H]3O. The highest BCUT2D eigenvalue weighted by molar-refractivity contribution is 5.90. The van der Waals surface area contributed by atoms with Crippen molar-refractivity contribution >= 4 is 23.8 Å². The van der Waals surface area contributed by atoms with E-state index in [0.717, 1.165) is 41.1 Å². The number of carbonyl (C=O) groups excluding carboxylic acids is 1. The summed E-state index contributed by atoms with van der Waals surface area (Å²) in [6.07, 6.45) is 3.14. The summed E-state index contributed by atoms with van der Waals surface area (Å²) in [5.74, 6) is -3.15. The fraction of sp³-hybridized carbons (Fsp3) is 0.600. The molecule has 1 saturated carbocycles. The molecule has 5 rings (SSSR count). The van der Waals surface area contributed by atoms with E-state index in [-0.39, 0.29) is 24.8 Å². The minimum Gasteiger partial charge on any atom is -0.483 e. The van der Waals surface area contributed by atoms with E-state index in [9.17, 15) is 30.0 Å². The number of H-pyrrole nitrogens is 1. The molecule has 2 aliphatic carbocycles. The van der Waals surface area contributed by atoms with Crippen LogP contribution in [0, 0.1) is 11.8 Å². The van der Waals surface area contributed by atoms with E-state index in [4.69, 9.17) is 18.9 Å². The molecule has 0 amide bonds. The minimum absolute atomic E-state index is 0.0968. The molecule has 11 nitrogen and oxygen atoms in total. The van der Waals surface area contributed by atoms with E-state index in [1.54, 1.807) is 6.08 Å². The van der Waals surface area contributed by atoms with Gasteiger partial charge >= 0.3 is 11.9 Å². The van der Waals surface area contributed by atoms with E-state index >= 15 is 0 Å². The average molecular weight is 574 g/mol. The number of esters is 1. The molecule has 0 unspecified atom stereocenters. The molecule has 1 saturated heterocycles. The number of aryl methyl sites for hydroxylation is 1. The van der Waals surface area contributed by atoms with Gasteiger partial charge in [-0.15, -0.1) is 6.58 Å². The topological polar surface area (TPSA) is 168 Å². The lowest BCUT2D eigenvalue weighted by atomic mass is 9.63. The molecule has 2 aliphatic heterocycles. The van der Waals surface area contributed by atoms with E-state index in [0.29, 0.717) is 6.42 Å². The molecular formula is C30H39NO10. The molecule has 8 atom stereocenters. The minimum atomic E-state index is -1.90. The predicted molar refractivity (Wildman–Crippen MR) is 145 cm³/mol. The van der Waals surface area contributed by atoms with Crippen LogP contribution in [0.15, 0.2) is 30.4 Å². The number of fused-ring (bicyclic) bond motifs is 2. The highest BCUT2D eigenvalue weighted by atomic mass is 16.7.